The molecule has 0 aromatic carbocycles. The van der Waals surface area contributed by atoms with Gasteiger partial charge in [0.1, 0.15) is 0 Å². The van der Waals surface area contributed by atoms with Crippen molar-refractivity contribution in [1.29, 1.82) is 0 Å². The summed E-state index contributed by atoms with van der Waals surface area (Å²) in [7, 11) is 0. The monoisotopic (exact) mass is 275 g/mol. The van der Waals surface area contributed by atoms with E-state index in [1.54, 1.807) is 0 Å². The Bertz CT molecular complexity index is 248. The van der Waals surface area contributed by atoms with Gasteiger partial charge in [-0.3, -0.25) is 4.79 Å². The number of halogens is 1. The smallest absolute Gasteiger partial charge is 0.310 e. The molecule has 3 nitrogen and oxygen atoms in total. The van der Waals surface area contributed by atoms with Gasteiger partial charge in [-0.05, 0) is 38.6 Å². The van der Waals surface area contributed by atoms with Crippen molar-refractivity contribution in [3.05, 3.63) is 0 Å². The summed E-state index contributed by atoms with van der Waals surface area (Å²) in [5, 5.41) is 3.52. The third-order valence-corrected chi connectivity index (χ3v) is 4.19. The highest BCUT2D eigenvalue weighted by Crippen LogP contribution is 2.25. The number of nitrogens with one attached hydrogen (secondary N) is 1. The highest BCUT2D eigenvalue weighted by atomic mass is 35.5. The number of hydrogen-bond acceptors (Lipinski definition) is 3. The van der Waals surface area contributed by atoms with Crippen LogP contribution in [-0.2, 0) is 9.53 Å². The normalized spacial score (nSPS) is 25.7. The van der Waals surface area contributed by atoms with Gasteiger partial charge < -0.3 is 10.1 Å². The molecule has 1 fully saturated rings. The largest absolute Gasteiger partial charge is 0.466 e. The topological polar surface area (TPSA) is 38.3 Å². The van der Waals surface area contributed by atoms with E-state index in [4.69, 9.17) is 16.3 Å². The molecule has 1 saturated carbocycles. The van der Waals surface area contributed by atoms with Gasteiger partial charge in [-0.25, -0.2) is 0 Å². The minimum atomic E-state index is -0.0277. The van der Waals surface area contributed by atoms with Crippen molar-refractivity contribution in [2.24, 2.45) is 11.8 Å². The molecule has 0 radical (unpaired) electrons. The first-order chi connectivity index (χ1) is 8.69. The first-order valence-corrected chi connectivity index (χ1v) is 7.68. The van der Waals surface area contributed by atoms with Crippen molar-refractivity contribution in [2.75, 3.05) is 19.0 Å². The molecule has 0 aromatic heterocycles. The average Bonchev–Trinajstić information content (AvgIpc) is 2.39. The lowest BCUT2D eigenvalue weighted by Crippen LogP contribution is -2.43. The number of carbonyl (C=O) groups is 1. The Morgan fingerprint density at radius 1 is 1.44 bits per heavy atom. The molecule has 0 aliphatic heterocycles. The van der Waals surface area contributed by atoms with Gasteiger partial charge in [-0.1, -0.05) is 19.8 Å². The zero-order valence-electron chi connectivity index (χ0n) is 11.6. The van der Waals surface area contributed by atoms with Crippen molar-refractivity contribution < 1.29 is 9.53 Å². The molecule has 0 heterocycles. The van der Waals surface area contributed by atoms with Crippen molar-refractivity contribution in [1.82, 2.24) is 5.32 Å². The summed E-state index contributed by atoms with van der Waals surface area (Å²) in [4.78, 5) is 11.9. The van der Waals surface area contributed by atoms with Crippen LogP contribution >= 0.6 is 11.6 Å². The molecule has 4 heteroatoms. The van der Waals surface area contributed by atoms with E-state index in [2.05, 4.69) is 12.2 Å². The Balaban J connectivity index is 2.37. The predicted molar refractivity (Wildman–Crippen MR) is 74.9 cm³/mol. The maximum absolute atomic E-state index is 11.9. The Labute approximate surface area is 116 Å². The number of hydrogen-bond donors (Lipinski definition) is 1. The van der Waals surface area contributed by atoms with Crippen molar-refractivity contribution in [3.63, 3.8) is 0 Å². The fourth-order valence-corrected chi connectivity index (χ4v) is 2.65. The minimum absolute atomic E-state index is 0.0277. The second-order valence-electron chi connectivity index (χ2n) is 5.25. The molecule has 1 rings (SSSR count). The van der Waals surface area contributed by atoms with Crippen LogP contribution in [0, 0.1) is 11.8 Å². The quantitative estimate of drug-likeness (QED) is 0.573. The lowest BCUT2D eigenvalue weighted by molar-refractivity contribution is -0.150. The van der Waals surface area contributed by atoms with E-state index in [1.165, 1.54) is 6.42 Å². The van der Waals surface area contributed by atoms with Crippen LogP contribution in [0.4, 0.5) is 0 Å². The van der Waals surface area contributed by atoms with Crippen LogP contribution in [0.3, 0.4) is 0 Å². The molecule has 0 spiro atoms. The fourth-order valence-electron chi connectivity index (χ4n) is 2.50. The van der Waals surface area contributed by atoms with Gasteiger partial charge >= 0.3 is 5.97 Å². The number of esters is 1. The highest BCUT2D eigenvalue weighted by Gasteiger charge is 2.31. The first-order valence-electron chi connectivity index (χ1n) is 7.15. The van der Waals surface area contributed by atoms with E-state index in [1.807, 2.05) is 6.92 Å². The van der Waals surface area contributed by atoms with Crippen molar-refractivity contribution >= 4 is 17.6 Å². The van der Waals surface area contributed by atoms with Gasteiger partial charge in [0.2, 0.25) is 0 Å². The molecule has 1 N–H and O–H groups in total. The number of rotatable bonds is 7. The maximum atomic E-state index is 11.9. The van der Waals surface area contributed by atoms with Crippen LogP contribution in [0.2, 0.25) is 0 Å². The fraction of sp³-hybridized carbons (Fsp3) is 0.929. The molecular formula is C14H26ClNO2. The summed E-state index contributed by atoms with van der Waals surface area (Å²) in [5.41, 5.74) is 0. The van der Waals surface area contributed by atoms with Crippen LogP contribution in [-0.4, -0.2) is 31.0 Å². The number of ether oxygens (including phenoxy) is 1. The molecule has 106 valence electrons. The second kappa shape index (κ2) is 8.76. The molecule has 3 atom stereocenters. The van der Waals surface area contributed by atoms with Crippen LogP contribution in [0.25, 0.3) is 0 Å². The molecule has 0 aromatic rings. The van der Waals surface area contributed by atoms with Crippen LogP contribution < -0.4 is 5.32 Å². The second-order valence-corrected chi connectivity index (χ2v) is 5.56. The molecule has 18 heavy (non-hydrogen) atoms. The van der Waals surface area contributed by atoms with Gasteiger partial charge in [-0.15, -0.1) is 11.6 Å². The first kappa shape index (κ1) is 15.8. The van der Waals surface area contributed by atoms with Crippen LogP contribution in [0.15, 0.2) is 0 Å². The van der Waals surface area contributed by atoms with Gasteiger partial charge in [0.05, 0.1) is 12.5 Å². The van der Waals surface area contributed by atoms with Crippen LogP contribution in [0.5, 0.6) is 0 Å². The average molecular weight is 276 g/mol. The standard InChI is InChI=1S/C14H26ClNO2/c1-3-18-14(17)12-6-4-5-7-13(12)16-9-8-11(2)10-15/h11-13,16H,3-10H2,1-2H3/t11?,12-,13+/m1/s1. The Morgan fingerprint density at radius 2 is 2.17 bits per heavy atom. The summed E-state index contributed by atoms with van der Waals surface area (Å²) in [6, 6.07) is 0.292. The lowest BCUT2D eigenvalue weighted by Gasteiger charge is -2.31. The summed E-state index contributed by atoms with van der Waals surface area (Å²) in [5.74, 6) is 1.25. The third kappa shape index (κ3) is 5.15. The van der Waals surface area contributed by atoms with Gasteiger partial charge in [0, 0.05) is 11.9 Å². The van der Waals surface area contributed by atoms with E-state index in [9.17, 15) is 4.79 Å². The van der Waals surface area contributed by atoms with Crippen molar-refractivity contribution in [2.45, 2.75) is 52.0 Å². The molecule has 0 amide bonds. The SMILES string of the molecule is CCOC(=O)[C@@H]1CCCC[C@@H]1NCCC(C)CCl. The third-order valence-electron chi connectivity index (χ3n) is 3.66. The Kier molecular flexibility index (Phi) is 7.68. The number of carbonyl (C=O) groups excluding carboxylic acids is 1. The Morgan fingerprint density at radius 3 is 2.83 bits per heavy atom. The zero-order chi connectivity index (χ0) is 13.4. The van der Waals surface area contributed by atoms with Crippen LogP contribution in [0.1, 0.15) is 46.0 Å². The van der Waals surface area contributed by atoms with Crippen molar-refractivity contribution in [3.8, 4) is 0 Å². The predicted octanol–water partition coefficient (Wildman–Crippen LogP) is 2.96. The maximum Gasteiger partial charge on any atom is 0.310 e. The molecular weight excluding hydrogens is 250 g/mol. The molecule has 1 unspecified atom stereocenters. The summed E-state index contributed by atoms with van der Waals surface area (Å²) in [6.07, 6.45) is 5.45. The van der Waals surface area contributed by atoms with E-state index in [0.29, 0.717) is 24.4 Å². The Hall–Kier alpha value is -0.280. The van der Waals surface area contributed by atoms with Gasteiger partial charge in [0.25, 0.3) is 0 Å². The van der Waals surface area contributed by atoms with E-state index in [-0.39, 0.29) is 11.9 Å². The van der Waals surface area contributed by atoms with E-state index in [0.717, 1.165) is 32.2 Å². The lowest BCUT2D eigenvalue weighted by atomic mass is 9.84. The minimum Gasteiger partial charge on any atom is -0.466 e. The van der Waals surface area contributed by atoms with Gasteiger partial charge in [0.15, 0.2) is 0 Å². The molecule has 0 saturated heterocycles. The molecule has 0 bridgehead atoms. The summed E-state index contributed by atoms with van der Waals surface area (Å²) >= 11 is 5.79. The molecule has 1 aliphatic rings. The summed E-state index contributed by atoms with van der Waals surface area (Å²) < 4.78 is 5.16. The number of alkyl halides is 1. The molecule has 1 aliphatic carbocycles. The van der Waals surface area contributed by atoms with E-state index < -0.39 is 0 Å². The van der Waals surface area contributed by atoms with Gasteiger partial charge in [-0.2, -0.15) is 0 Å². The zero-order valence-corrected chi connectivity index (χ0v) is 12.3. The van der Waals surface area contributed by atoms with E-state index >= 15 is 0 Å². The summed E-state index contributed by atoms with van der Waals surface area (Å²) in [6.45, 7) is 5.43. The highest BCUT2D eigenvalue weighted by molar-refractivity contribution is 6.18.